The van der Waals surface area contributed by atoms with E-state index in [-0.39, 0.29) is 41.8 Å². The number of piperidine rings is 2. The summed E-state index contributed by atoms with van der Waals surface area (Å²) < 4.78 is 38.1. The number of hydrogen-bond acceptors (Lipinski definition) is 6. The number of hydrogen-bond donors (Lipinski definition) is 0. The Bertz CT molecular complexity index is 888. The highest BCUT2D eigenvalue weighted by Crippen LogP contribution is 2.30. The number of amides is 2. The van der Waals surface area contributed by atoms with Gasteiger partial charge in [0.25, 0.3) is 0 Å². The lowest BCUT2D eigenvalue weighted by molar-refractivity contribution is -0.148. The molecule has 32 heavy (non-hydrogen) atoms. The lowest BCUT2D eigenvalue weighted by Crippen LogP contribution is -2.54. The number of carbonyl (C=O) groups is 2. The Balaban J connectivity index is 1.36. The second kappa shape index (κ2) is 9.86. The van der Waals surface area contributed by atoms with Crippen molar-refractivity contribution in [1.29, 1.82) is 0 Å². The third-order valence-corrected chi connectivity index (χ3v) is 8.51. The van der Waals surface area contributed by atoms with E-state index in [9.17, 15) is 18.4 Å². The molecule has 10 heteroatoms. The molecule has 3 heterocycles. The molecule has 0 aliphatic carbocycles. The molecule has 0 N–H and O–H groups in total. The van der Waals surface area contributed by atoms with Crippen LogP contribution in [0.4, 0.5) is 0 Å². The van der Waals surface area contributed by atoms with Crippen molar-refractivity contribution in [3.05, 3.63) is 24.3 Å². The van der Waals surface area contributed by atoms with Gasteiger partial charge in [-0.1, -0.05) is 10.3 Å². The highest BCUT2D eigenvalue weighted by Gasteiger charge is 2.40. The van der Waals surface area contributed by atoms with Gasteiger partial charge >= 0.3 is 0 Å². The van der Waals surface area contributed by atoms with Gasteiger partial charge in [0.2, 0.25) is 11.8 Å². The Labute approximate surface area is 190 Å². The number of methoxy groups -OCH3 is 1. The van der Waals surface area contributed by atoms with Crippen molar-refractivity contribution < 1.29 is 27.8 Å². The molecule has 0 spiro atoms. The molecule has 1 aromatic rings. The Morgan fingerprint density at radius 3 is 2.69 bits per heavy atom. The monoisotopic (exact) mass is 465 g/mol. The topological polar surface area (TPSA) is 102 Å². The van der Waals surface area contributed by atoms with Gasteiger partial charge in [0, 0.05) is 38.3 Å². The molecule has 4 rings (SSSR count). The summed E-state index contributed by atoms with van der Waals surface area (Å²) in [5.74, 6) is 0.178. The number of carbonyl (C=O) groups excluding carboxylic acids is 2. The molecule has 1 aromatic carbocycles. The molecule has 3 saturated heterocycles. The minimum atomic E-state index is -3.69. The summed E-state index contributed by atoms with van der Waals surface area (Å²) in [5.41, 5.74) is 0. The summed E-state index contributed by atoms with van der Waals surface area (Å²) in [6.07, 6.45) is 2.83. The Morgan fingerprint density at radius 1 is 1.19 bits per heavy atom. The lowest BCUT2D eigenvalue weighted by atomic mass is 9.95. The molecule has 0 bridgehead atoms. The molecule has 2 amide bonds. The second-order valence-electron chi connectivity index (χ2n) is 8.58. The van der Waals surface area contributed by atoms with Gasteiger partial charge in [-0.15, -0.1) is 4.31 Å². The highest BCUT2D eigenvalue weighted by atomic mass is 32.3. The van der Waals surface area contributed by atoms with E-state index in [1.807, 2.05) is 9.80 Å². The molecule has 0 saturated carbocycles. The van der Waals surface area contributed by atoms with Crippen LogP contribution in [0.15, 0.2) is 29.2 Å². The van der Waals surface area contributed by atoms with Crippen molar-refractivity contribution in [3.8, 4) is 5.75 Å². The van der Waals surface area contributed by atoms with Gasteiger partial charge < -0.3 is 23.8 Å². The van der Waals surface area contributed by atoms with Gasteiger partial charge in [0.15, 0.2) is 15.3 Å². The van der Waals surface area contributed by atoms with Crippen molar-refractivity contribution in [2.75, 3.05) is 53.0 Å². The van der Waals surface area contributed by atoms with Crippen LogP contribution in [0.3, 0.4) is 0 Å². The van der Waals surface area contributed by atoms with Crippen molar-refractivity contribution in [2.45, 2.75) is 36.6 Å². The SMILES string of the molecule is COc1cccc([S+](=O)([O-])N2CCCC(C(=O)N3CCC(N4CCOCC4=O)CC3)C2)c1. The first kappa shape index (κ1) is 23.2. The van der Waals surface area contributed by atoms with Crippen LogP contribution in [-0.4, -0.2) is 89.6 Å². The Kier molecular flexibility index (Phi) is 7.14. The van der Waals surface area contributed by atoms with Crippen molar-refractivity contribution >= 4 is 22.2 Å². The Morgan fingerprint density at radius 2 is 1.97 bits per heavy atom. The van der Waals surface area contributed by atoms with Crippen LogP contribution in [0.25, 0.3) is 0 Å². The number of nitrogens with zero attached hydrogens (tertiary/aromatic N) is 3. The molecule has 176 valence electrons. The third-order valence-electron chi connectivity index (χ3n) is 6.65. The molecule has 9 nitrogen and oxygen atoms in total. The maximum atomic E-state index is 13.2. The lowest BCUT2D eigenvalue weighted by Gasteiger charge is -2.41. The first-order valence-corrected chi connectivity index (χ1v) is 12.6. The normalized spacial score (nSPS) is 25.4. The van der Waals surface area contributed by atoms with Gasteiger partial charge in [0.05, 0.1) is 26.2 Å². The molecule has 3 fully saturated rings. The maximum Gasteiger partial charge on any atom is 0.248 e. The number of rotatable bonds is 5. The predicted octanol–water partition coefficient (Wildman–Crippen LogP) is 1.16. The number of sulfonamides is 1. The largest absolute Gasteiger partial charge is 0.593 e. The fourth-order valence-electron chi connectivity index (χ4n) is 4.85. The van der Waals surface area contributed by atoms with E-state index in [1.54, 1.807) is 18.2 Å². The molecule has 2 atom stereocenters. The summed E-state index contributed by atoms with van der Waals surface area (Å²) in [7, 11) is -2.20. The molecule has 3 aliphatic rings. The fourth-order valence-corrected chi connectivity index (χ4v) is 6.40. The van der Waals surface area contributed by atoms with Crippen LogP contribution in [0.5, 0.6) is 5.75 Å². The van der Waals surface area contributed by atoms with Crippen molar-refractivity contribution in [1.82, 2.24) is 14.1 Å². The summed E-state index contributed by atoms with van der Waals surface area (Å²) in [5, 5.41) is 0. The van der Waals surface area contributed by atoms with Gasteiger partial charge in [-0.3, -0.25) is 9.59 Å². The third kappa shape index (κ3) is 4.83. The van der Waals surface area contributed by atoms with E-state index in [4.69, 9.17) is 9.47 Å². The van der Waals surface area contributed by atoms with Crippen LogP contribution >= 0.6 is 0 Å². The number of morpholine rings is 1. The smallest absolute Gasteiger partial charge is 0.248 e. The van der Waals surface area contributed by atoms with Gasteiger partial charge in [-0.25, -0.2) is 0 Å². The van der Waals surface area contributed by atoms with Crippen LogP contribution in [0, 0.1) is 5.92 Å². The fraction of sp³-hybridized carbons (Fsp3) is 0.636. The van der Waals surface area contributed by atoms with E-state index in [0.29, 0.717) is 51.4 Å². The summed E-state index contributed by atoms with van der Waals surface area (Å²) in [6.45, 7) is 3.09. The predicted molar refractivity (Wildman–Crippen MR) is 117 cm³/mol. The molecular formula is C22H31N3O6S. The minimum absolute atomic E-state index is 0.0160. The number of benzene rings is 1. The summed E-state index contributed by atoms with van der Waals surface area (Å²) in [4.78, 5) is 29.2. The molecular weight excluding hydrogens is 434 g/mol. The summed E-state index contributed by atoms with van der Waals surface area (Å²) in [6, 6.07) is 6.57. The minimum Gasteiger partial charge on any atom is -0.593 e. The zero-order chi connectivity index (χ0) is 22.7. The van der Waals surface area contributed by atoms with Crippen LogP contribution in [0.2, 0.25) is 0 Å². The van der Waals surface area contributed by atoms with Gasteiger partial charge in [-0.2, -0.15) is 0 Å². The average molecular weight is 466 g/mol. The van der Waals surface area contributed by atoms with Crippen LogP contribution < -0.4 is 4.74 Å². The summed E-state index contributed by atoms with van der Waals surface area (Å²) >= 11 is 0. The molecule has 2 unspecified atom stereocenters. The first-order valence-electron chi connectivity index (χ1n) is 11.2. The zero-order valence-electron chi connectivity index (χ0n) is 18.4. The zero-order valence-corrected chi connectivity index (χ0v) is 19.3. The van der Waals surface area contributed by atoms with Crippen LogP contribution in [0.1, 0.15) is 25.7 Å². The first-order chi connectivity index (χ1) is 15.4. The van der Waals surface area contributed by atoms with E-state index in [2.05, 4.69) is 0 Å². The molecule has 0 radical (unpaired) electrons. The van der Waals surface area contributed by atoms with Gasteiger partial charge in [0.1, 0.15) is 12.4 Å². The molecule has 3 aliphatic heterocycles. The van der Waals surface area contributed by atoms with Crippen LogP contribution in [-0.2, 0) is 28.9 Å². The Hall–Kier alpha value is -2.01. The van der Waals surface area contributed by atoms with Gasteiger partial charge in [-0.05, 0) is 37.8 Å². The van der Waals surface area contributed by atoms with Crippen molar-refractivity contribution in [3.63, 3.8) is 0 Å². The quantitative estimate of drug-likeness (QED) is 0.605. The van der Waals surface area contributed by atoms with E-state index in [0.717, 1.165) is 12.8 Å². The van der Waals surface area contributed by atoms with E-state index in [1.165, 1.54) is 17.5 Å². The van der Waals surface area contributed by atoms with E-state index >= 15 is 0 Å². The standard InChI is InChI=1S/C22H31N3O6S/c1-30-19-5-2-6-20(14-19)32(28,29)24-9-3-4-17(15-24)22(27)23-10-7-18(8-11-23)25-12-13-31-16-21(25)26/h2,5-6,14,17-18H,3-4,7-13,15-16H2,1H3. The van der Waals surface area contributed by atoms with Crippen molar-refractivity contribution in [2.24, 2.45) is 5.92 Å². The number of ether oxygens (including phenoxy) is 2. The number of likely N-dealkylation sites (tertiary alicyclic amines) is 1. The highest BCUT2D eigenvalue weighted by molar-refractivity contribution is 7.95. The average Bonchev–Trinajstić information content (AvgIpc) is 2.84. The second-order valence-corrected chi connectivity index (χ2v) is 10.5. The molecule has 0 aromatic heterocycles. The van der Waals surface area contributed by atoms with E-state index < -0.39 is 10.4 Å². The maximum absolute atomic E-state index is 13.2.